The molecule has 1 heterocycles. The van der Waals surface area contributed by atoms with Gasteiger partial charge < -0.3 is 10.1 Å². The van der Waals surface area contributed by atoms with E-state index in [2.05, 4.69) is 17.0 Å². The van der Waals surface area contributed by atoms with Crippen molar-refractivity contribution in [2.24, 2.45) is 0 Å². The molecule has 1 amide bonds. The third kappa shape index (κ3) is 5.42. The summed E-state index contributed by atoms with van der Waals surface area (Å²) in [7, 11) is 1.33. The van der Waals surface area contributed by atoms with Gasteiger partial charge in [0.15, 0.2) is 0 Å². The van der Waals surface area contributed by atoms with Crippen molar-refractivity contribution >= 4 is 28.9 Å². The summed E-state index contributed by atoms with van der Waals surface area (Å²) in [5.41, 5.74) is 0.551. The molecule has 0 aromatic carbocycles. The molecule has 106 valence electrons. The summed E-state index contributed by atoms with van der Waals surface area (Å²) in [4.78, 5) is 23.6. The normalized spacial score (nSPS) is 10.2. The molecule has 0 aliphatic carbocycles. The standard InChI is InChI=1S/C14H21NO3S/c1-3-4-5-6-7-8-12(16)15-11-9-10-19-13(11)14(17)18-2/h9-10H,3-8H2,1-2H3,(H,15,16). The minimum Gasteiger partial charge on any atom is -0.465 e. The summed E-state index contributed by atoms with van der Waals surface area (Å²) in [6, 6.07) is 1.73. The molecule has 0 saturated heterocycles. The molecule has 0 aliphatic heterocycles. The summed E-state index contributed by atoms with van der Waals surface area (Å²) in [6.45, 7) is 2.16. The number of rotatable bonds is 8. The number of hydrogen-bond donors (Lipinski definition) is 1. The van der Waals surface area contributed by atoms with E-state index in [1.54, 1.807) is 11.4 Å². The minimum absolute atomic E-state index is 0.0416. The van der Waals surface area contributed by atoms with Gasteiger partial charge in [0.1, 0.15) is 4.88 Å². The van der Waals surface area contributed by atoms with Gasteiger partial charge in [-0.2, -0.15) is 0 Å². The SMILES string of the molecule is CCCCCCCC(=O)Nc1ccsc1C(=O)OC. The largest absolute Gasteiger partial charge is 0.465 e. The van der Waals surface area contributed by atoms with Gasteiger partial charge in [-0.25, -0.2) is 4.79 Å². The lowest BCUT2D eigenvalue weighted by Gasteiger charge is -2.05. The van der Waals surface area contributed by atoms with Crippen LogP contribution in [-0.2, 0) is 9.53 Å². The number of anilines is 1. The second-order valence-electron chi connectivity index (χ2n) is 4.37. The highest BCUT2D eigenvalue weighted by atomic mass is 32.1. The van der Waals surface area contributed by atoms with E-state index in [0.717, 1.165) is 12.8 Å². The van der Waals surface area contributed by atoms with Crippen LogP contribution in [0.5, 0.6) is 0 Å². The Morgan fingerprint density at radius 3 is 2.68 bits per heavy atom. The van der Waals surface area contributed by atoms with Crippen molar-refractivity contribution < 1.29 is 14.3 Å². The molecule has 0 bridgehead atoms. The molecule has 0 saturated carbocycles. The molecule has 0 aliphatic rings. The van der Waals surface area contributed by atoms with Crippen LogP contribution in [0.15, 0.2) is 11.4 Å². The average Bonchev–Trinajstić information content (AvgIpc) is 2.85. The number of thiophene rings is 1. The van der Waals surface area contributed by atoms with Gasteiger partial charge in [-0.3, -0.25) is 4.79 Å². The molecule has 1 aromatic heterocycles. The van der Waals surface area contributed by atoms with Gasteiger partial charge in [-0.1, -0.05) is 32.6 Å². The molecule has 0 radical (unpaired) electrons. The van der Waals surface area contributed by atoms with Gasteiger partial charge in [0, 0.05) is 6.42 Å². The summed E-state index contributed by atoms with van der Waals surface area (Å²) < 4.78 is 4.66. The van der Waals surface area contributed by atoms with Crippen LogP contribution in [-0.4, -0.2) is 19.0 Å². The lowest BCUT2D eigenvalue weighted by molar-refractivity contribution is -0.116. The predicted molar refractivity (Wildman–Crippen MR) is 77.7 cm³/mol. The zero-order valence-corrected chi connectivity index (χ0v) is 12.3. The van der Waals surface area contributed by atoms with E-state index in [9.17, 15) is 9.59 Å². The Kier molecular flexibility index (Phi) is 7.18. The van der Waals surface area contributed by atoms with Crippen molar-refractivity contribution in [2.75, 3.05) is 12.4 Å². The smallest absolute Gasteiger partial charge is 0.350 e. The number of carbonyl (C=O) groups is 2. The van der Waals surface area contributed by atoms with Gasteiger partial charge in [-0.15, -0.1) is 11.3 Å². The van der Waals surface area contributed by atoms with E-state index in [-0.39, 0.29) is 5.91 Å². The highest BCUT2D eigenvalue weighted by molar-refractivity contribution is 7.12. The molecule has 4 nitrogen and oxygen atoms in total. The fourth-order valence-electron chi connectivity index (χ4n) is 1.76. The second kappa shape index (κ2) is 8.69. The second-order valence-corrected chi connectivity index (χ2v) is 5.28. The molecule has 5 heteroatoms. The molecule has 0 atom stereocenters. The van der Waals surface area contributed by atoms with Crippen molar-refractivity contribution in [3.8, 4) is 0 Å². The topological polar surface area (TPSA) is 55.4 Å². The van der Waals surface area contributed by atoms with Crippen molar-refractivity contribution in [1.29, 1.82) is 0 Å². The van der Waals surface area contributed by atoms with Crippen molar-refractivity contribution in [1.82, 2.24) is 0 Å². The highest BCUT2D eigenvalue weighted by Gasteiger charge is 2.15. The fraction of sp³-hybridized carbons (Fsp3) is 0.571. The van der Waals surface area contributed by atoms with E-state index < -0.39 is 5.97 Å². The third-order valence-electron chi connectivity index (χ3n) is 2.82. The molecule has 1 aromatic rings. The first-order valence-electron chi connectivity index (χ1n) is 6.64. The lowest BCUT2D eigenvalue weighted by Crippen LogP contribution is -2.13. The van der Waals surface area contributed by atoms with Crippen molar-refractivity contribution in [2.45, 2.75) is 45.4 Å². The average molecular weight is 283 g/mol. The lowest BCUT2D eigenvalue weighted by atomic mass is 10.1. The number of methoxy groups -OCH3 is 1. The number of carbonyl (C=O) groups excluding carboxylic acids is 2. The Hall–Kier alpha value is -1.36. The van der Waals surface area contributed by atoms with Crippen LogP contribution in [0.1, 0.15) is 55.1 Å². The minimum atomic E-state index is -0.409. The summed E-state index contributed by atoms with van der Waals surface area (Å²) in [6.07, 6.45) is 6.07. The van der Waals surface area contributed by atoms with E-state index in [4.69, 9.17) is 0 Å². The zero-order chi connectivity index (χ0) is 14.1. The molecule has 1 rings (SSSR count). The number of ether oxygens (including phenoxy) is 1. The van der Waals surface area contributed by atoms with Gasteiger partial charge in [0.05, 0.1) is 12.8 Å². The quantitative estimate of drug-likeness (QED) is 0.582. The van der Waals surface area contributed by atoms with Crippen LogP contribution >= 0.6 is 11.3 Å². The summed E-state index contributed by atoms with van der Waals surface area (Å²) >= 11 is 1.27. The molecule has 0 unspecified atom stereocenters. The highest BCUT2D eigenvalue weighted by Crippen LogP contribution is 2.23. The third-order valence-corrected chi connectivity index (χ3v) is 3.71. The maximum absolute atomic E-state index is 11.7. The summed E-state index contributed by atoms with van der Waals surface area (Å²) in [5.74, 6) is -0.451. The Labute approximate surface area is 118 Å². The van der Waals surface area contributed by atoms with Gasteiger partial charge in [0.25, 0.3) is 0 Å². The number of hydrogen-bond acceptors (Lipinski definition) is 4. The van der Waals surface area contributed by atoms with Crippen LogP contribution < -0.4 is 5.32 Å². The van der Waals surface area contributed by atoms with E-state index >= 15 is 0 Å². The Morgan fingerprint density at radius 1 is 1.26 bits per heavy atom. The number of nitrogens with one attached hydrogen (secondary N) is 1. The monoisotopic (exact) mass is 283 g/mol. The Balaban J connectivity index is 2.36. The first-order valence-corrected chi connectivity index (χ1v) is 7.52. The summed E-state index contributed by atoms with van der Waals surface area (Å²) in [5, 5.41) is 4.53. The first-order chi connectivity index (χ1) is 9.19. The number of unbranched alkanes of at least 4 members (excludes halogenated alkanes) is 4. The molecule has 1 N–H and O–H groups in total. The van der Waals surface area contributed by atoms with Gasteiger partial charge in [-0.05, 0) is 17.9 Å². The molecule has 0 fully saturated rings. The predicted octanol–water partition coefficient (Wildman–Crippen LogP) is 3.83. The van der Waals surface area contributed by atoms with Crippen molar-refractivity contribution in [3.63, 3.8) is 0 Å². The molecule has 19 heavy (non-hydrogen) atoms. The Bertz CT molecular complexity index is 415. The maximum atomic E-state index is 11.7. The Morgan fingerprint density at radius 2 is 2.00 bits per heavy atom. The van der Waals surface area contributed by atoms with Gasteiger partial charge in [0.2, 0.25) is 5.91 Å². The van der Waals surface area contributed by atoms with Crippen molar-refractivity contribution in [3.05, 3.63) is 16.3 Å². The van der Waals surface area contributed by atoms with Crippen LogP contribution in [0.2, 0.25) is 0 Å². The molecular formula is C14H21NO3S. The van der Waals surface area contributed by atoms with E-state index in [1.165, 1.54) is 37.7 Å². The van der Waals surface area contributed by atoms with Crippen LogP contribution in [0.4, 0.5) is 5.69 Å². The number of esters is 1. The van der Waals surface area contributed by atoms with Crippen LogP contribution in [0.25, 0.3) is 0 Å². The molecule has 0 spiro atoms. The van der Waals surface area contributed by atoms with E-state index in [0.29, 0.717) is 17.0 Å². The fourth-order valence-corrected chi connectivity index (χ4v) is 2.53. The van der Waals surface area contributed by atoms with Crippen LogP contribution in [0.3, 0.4) is 0 Å². The zero-order valence-electron chi connectivity index (χ0n) is 11.5. The maximum Gasteiger partial charge on any atom is 0.350 e. The molecular weight excluding hydrogens is 262 g/mol. The van der Waals surface area contributed by atoms with Gasteiger partial charge >= 0.3 is 5.97 Å². The number of amides is 1. The van der Waals surface area contributed by atoms with Crippen LogP contribution in [0, 0.1) is 0 Å². The van der Waals surface area contributed by atoms with E-state index in [1.807, 2.05) is 0 Å². The first kappa shape index (κ1) is 15.7.